The van der Waals surface area contributed by atoms with Gasteiger partial charge in [-0.05, 0) is 0 Å². The van der Waals surface area contributed by atoms with Gasteiger partial charge in [-0.1, -0.05) is 0 Å². The van der Waals surface area contributed by atoms with Gasteiger partial charge in [0.05, 0.1) is 0 Å². The molecule has 0 saturated carbocycles. The number of aryl methyl sites for hydroxylation is 2. The van der Waals surface area contributed by atoms with Crippen LogP contribution < -0.4 is 5.32 Å². The van der Waals surface area contributed by atoms with Crippen LogP contribution in [0.3, 0.4) is 0 Å². The van der Waals surface area contributed by atoms with Gasteiger partial charge in [-0.25, -0.2) is 0 Å². The summed E-state index contributed by atoms with van der Waals surface area (Å²) in [5, 5.41) is 3.55. The fourth-order valence-corrected chi connectivity index (χ4v) is 5.26. The van der Waals surface area contributed by atoms with E-state index in [1.54, 1.807) is 0 Å². The molecule has 2 aromatic rings. The van der Waals surface area contributed by atoms with Gasteiger partial charge in [0, 0.05) is 0 Å². The van der Waals surface area contributed by atoms with Gasteiger partial charge in [-0.3, -0.25) is 0 Å². The zero-order valence-electron chi connectivity index (χ0n) is 25.8. The van der Waals surface area contributed by atoms with Crippen molar-refractivity contribution in [1.82, 2.24) is 0 Å². The third-order valence-corrected chi connectivity index (χ3v) is 7.65. The van der Waals surface area contributed by atoms with Crippen LogP contribution in [0, 0.1) is 25.7 Å². The topological polar surface area (TPSA) is 12.0 Å². The van der Waals surface area contributed by atoms with Gasteiger partial charge in [0.25, 0.3) is 0 Å². The summed E-state index contributed by atoms with van der Waals surface area (Å²) < 4.78 is 0. The van der Waals surface area contributed by atoms with Crippen LogP contribution >= 0.6 is 0 Å². The predicted molar refractivity (Wildman–Crippen MR) is 178 cm³/mol. The van der Waals surface area contributed by atoms with Crippen LogP contribution in [0.4, 0.5) is 5.69 Å². The summed E-state index contributed by atoms with van der Waals surface area (Å²) in [6.45, 7) is 28.4. The SMILES string of the molecule is [B]=C(Cc1cc(CC)c(C)c(C(=C)Nc2ccccc2C)c1)CC(CC(C)C)C(=C)/C=C(\CC)CCC(=C)C. The number of hydrogen-bond acceptors (Lipinski definition) is 1. The fourth-order valence-electron chi connectivity index (χ4n) is 5.26. The summed E-state index contributed by atoms with van der Waals surface area (Å²) in [7, 11) is 6.79. The van der Waals surface area contributed by atoms with Crippen molar-refractivity contribution in [1.29, 1.82) is 0 Å². The van der Waals surface area contributed by atoms with E-state index in [2.05, 4.69) is 116 Å². The van der Waals surface area contributed by atoms with Crippen LogP contribution in [0.5, 0.6) is 0 Å². The summed E-state index contributed by atoms with van der Waals surface area (Å²) in [6, 6.07) is 12.9. The first-order valence-electron chi connectivity index (χ1n) is 14.7. The molecule has 0 heterocycles. The van der Waals surface area contributed by atoms with E-state index in [1.165, 1.54) is 39.0 Å². The first kappa shape index (κ1) is 32.3. The second-order valence-corrected chi connectivity index (χ2v) is 11.8. The van der Waals surface area contributed by atoms with Crippen LogP contribution in [0.25, 0.3) is 5.70 Å². The molecular weight excluding hydrogens is 469 g/mol. The standard InChI is InChI=1S/C37H51BN/c1-11-31(18-17-25(3)4)20-28(8)34(19-26(5)6)24-35(38)22-32-21-33(12-2)29(9)36(23-32)30(10)39-37-16-14-13-15-27(37)7/h13-16,20-21,23,26,34,39H,3,8,10-12,17-19,22,24H2,1-2,4-7,9H3/b31-20+. The van der Waals surface area contributed by atoms with Gasteiger partial charge in [0.1, 0.15) is 0 Å². The summed E-state index contributed by atoms with van der Waals surface area (Å²) in [5.74, 6) is 0.937. The minimum atomic E-state index is 0.352. The van der Waals surface area contributed by atoms with Crippen LogP contribution in [0.1, 0.15) is 94.5 Å². The summed E-state index contributed by atoms with van der Waals surface area (Å²) in [4.78, 5) is 0. The molecule has 0 aliphatic heterocycles. The second-order valence-electron chi connectivity index (χ2n) is 11.8. The first-order chi connectivity index (χ1) is 18.4. The van der Waals surface area contributed by atoms with Crippen LogP contribution in [0.2, 0.25) is 0 Å². The van der Waals surface area contributed by atoms with E-state index in [0.717, 1.165) is 67.4 Å². The Labute approximate surface area is 241 Å². The van der Waals surface area contributed by atoms with Gasteiger partial charge in [-0.2, -0.15) is 0 Å². The molecule has 2 heteroatoms. The maximum atomic E-state index is 6.79. The molecule has 207 valence electrons. The van der Waals surface area contributed by atoms with Gasteiger partial charge in [-0.15, -0.1) is 0 Å². The maximum absolute atomic E-state index is 6.79. The van der Waals surface area contributed by atoms with Crippen molar-refractivity contribution in [3.63, 3.8) is 0 Å². The third-order valence-electron chi connectivity index (χ3n) is 7.65. The zero-order chi connectivity index (χ0) is 29.1. The van der Waals surface area contributed by atoms with Gasteiger partial charge >= 0.3 is 242 Å². The average Bonchev–Trinajstić information content (AvgIpc) is 2.87. The molecule has 1 N–H and O–H groups in total. The van der Waals surface area contributed by atoms with Crippen LogP contribution in [0.15, 0.2) is 78.9 Å². The Kier molecular flexibility index (Phi) is 13.0. The number of rotatable bonds is 16. The minimum absolute atomic E-state index is 0.352. The Morgan fingerprint density at radius 3 is 2.31 bits per heavy atom. The Balaban J connectivity index is 2.25. The average molecular weight is 521 g/mol. The molecule has 1 atom stereocenters. The van der Waals surface area contributed by atoms with Crippen molar-refractivity contribution >= 4 is 24.3 Å². The van der Waals surface area contributed by atoms with E-state index < -0.39 is 0 Å². The Morgan fingerprint density at radius 2 is 1.72 bits per heavy atom. The molecular formula is C37H51BN. The van der Waals surface area contributed by atoms with E-state index >= 15 is 0 Å². The number of para-hydroxylation sites is 1. The molecule has 0 spiro atoms. The summed E-state index contributed by atoms with van der Waals surface area (Å²) in [5.41, 5.74) is 13.2. The molecule has 0 fully saturated rings. The van der Waals surface area contributed by atoms with E-state index in [0.29, 0.717) is 11.8 Å². The molecule has 0 amide bonds. The Bertz CT molecular complexity index is 1210. The Morgan fingerprint density at radius 1 is 1.03 bits per heavy atom. The van der Waals surface area contributed by atoms with Crippen molar-refractivity contribution in [2.75, 3.05) is 5.32 Å². The molecule has 2 aromatic carbocycles. The van der Waals surface area contributed by atoms with Gasteiger partial charge in [0.15, 0.2) is 0 Å². The number of benzene rings is 2. The Hall–Kier alpha value is -2.87. The summed E-state index contributed by atoms with van der Waals surface area (Å²) in [6.07, 6.45) is 9.17. The molecule has 1 unspecified atom stereocenters. The van der Waals surface area contributed by atoms with Gasteiger partial charge in [0.2, 0.25) is 0 Å². The number of nitrogens with one attached hydrogen (secondary N) is 1. The molecule has 0 bridgehead atoms. The van der Waals surface area contributed by atoms with E-state index in [4.69, 9.17) is 7.49 Å². The summed E-state index contributed by atoms with van der Waals surface area (Å²) >= 11 is 0. The molecule has 1 nitrogen and oxygen atoms in total. The first-order valence-corrected chi connectivity index (χ1v) is 14.7. The normalized spacial score (nSPS) is 12.3. The molecule has 0 aliphatic carbocycles. The van der Waals surface area contributed by atoms with E-state index in [-0.39, 0.29) is 0 Å². The molecule has 2 rings (SSSR count). The van der Waals surface area contributed by atoms with Crippen molar-refractivity contribution in [3.8, 4) is 0 Å². The van der Waals surface area contributed by atoms with Crippen molar-refractivity contribution in [2.45, 2.75) is 93.4 Å². The second kappa shape index (κ2) is 15.7. The van der Waals surface area contributed by atoms with Crippen LogP contribution in [-0.2, 0) is 12.8 Å². The monoisotopic (exact) mass is 520 g/mol. The quantitative estimate of drug-likeness (QED) is 0.132. The number of allylic oxidation sites excluding steroid dienone is 4. The molecule has 0 aromatic heterocycles. The molecule has 0 saturated heterocycles. The third kappa shape index (κ3) is 10.3. The molecule has 1 radical (unpaired) electrons. The van der Waals surface area contributed by atoms with Gasteiger partial charge < -0.3 is 0 Å². The van der Waals surface area contributed by atoms with Crippen LogP contribution in [-0.4, -0.2) is 13.0 Å². The van der Waals surface area contributed by atoms with Crippen molar-refractivity contribution < 1.29 is 0 Å². The molecule has 0 aliphatic rings. The van der Waals surface area contributed by atoms with E-state index in [9.17, 15) is 0 Å². The van der Waals surface area contributed by atoms with Crippen molar-refractivity contribution in [3.05, 3.63) is 107 Å². The zero-order valence-corrected chi connectivity index (χ0v) is 25.8. The number of anilines is 1. The predicted octanol–water partition coefficient (Wildman–Crippen LogP) is 10.1. The number of hydrogen-bond donors (Lipinski definition) is 1. The molecule has 39 heavy (non-hydrogen) atoms. The van der Waals surface area contributed by atoms with E-state index in [1.807, 2.05) is 0 Å². The fraction of sp³-hybridized carbons (Fsp3) is 0.432. The van der Waals surface area contributed by atoms with Crippen molar-refractivity contribution in [2.24, 2.45) is 11.8 Å².